The minimum Gasteiger partial charge on any atom is -0.387 e. The number of alkyl halides is 3. The predicted octanol–water partition coefficient (Wildman–Crippen LogP) is 3.36. The van der Waals surface area contributed by atoms with E-state index in [1.165, 1.54) is 31.2 Å². The van der Waals surface area contributed by atoms with Crippen LogP contribution < -0.4 is 21.7 Å². The van der Waals surface area contributed by atoms with E-state index >= 15 is 0 Å². The average molecular weight is 423 g/mol. The number of halogens is 3. The molecule has 30 heavy (non-hydrogen) atoms. The maximum absolute atomic E-state index is 12.7. The molecule has 0 heterocycles. The van der Waals surface area contributed by atoms with Gasteiger partial charge in [0.15, 0.2) is 0 Å². The summed E-state index contributed by atoms with van der Waals surface area (Å²) in [5.41, 5.74) is 4.84. The highest BCUT2D eigenvalue weighted by Crippen LogP contribution is 2.30. The van der Waals surface area contributed by atoms with Crippen molar-refractivity contribution < 1.29 is 18.0 Å². The maximum atomic E-state index is 12.7. The predicted molar refractivity (Wildman–Crippen MR) is 110 cm³/mol. The Morgan fingerprint density at radius 3 is 2.30 bits per heavy atom. The minimum atomic E-state index is -4.43. The summed E-state index contributed by atoms with van der Waals surface area (Å²) in [4.78, 5) is 11.8. The molecule has 9 heteroatoms. The fourth-order valence-corrected chi connectivity index (χ4v) is 3.79. The minimum absolute atomic E-state index is 0.0553. The molecule has 3 rings (SSSR count). The Bertz CT molecular complexity index is 802. The molecule has 0 unspecified atom stereocenters. The van der Waals surface area contributed by atoms with Crippen LogP contribution in [0.1, 0.15) is 44.6 Å². The summed E-state index contributed by atoms with van der Waals surface area (Å²) in [6.07, 6.45) is 2.54. The van der Waals surface area contributed by atoms with E-state index in [2.05, 4.69) is 22.9 Å². The van der Waals surface area contributed by atoms with Crippen molar-refractivity contribution in [1.82, 2.24) is 10.6 Å². The molecule has 2 saturated carbocycles. The Balaban J connectivity index is 1.58. The topological polar surface area (TPSA) is 103 Å². The third kappa shape index (κ3) is 5.98. The summed E-state index contributed by atoms with van der Waals surface area (Å²) < 4.78 is 38.0. The SMILES string of the molecule is C[C@H]1C[C@H](NC2CC2)CC[C@@H]1N/C=C(\C(=N)Nc1ccc(C(F)(F)F)cc1)C(N)=O. The van der Waals surface area contributed by atoms with Crippen LogP contribution in [0.2, 0.25) is 0 Å². The third-order valence-electron chi connectivity index (χ3n) is 5.68. The van der Waals surface area contributed by atoms with Crippen LogP contribution in [0.3, 0.4) is 0 Å². The van der Waals surface area contributed by atoms with Gasteiger partial charge >= 0.3 is 6.18 Å². The summed E-state index contributed by atoms with van der Waals surface area (Å²) in [6, 6.07) is 5.60. The van der Waals surface area contributed by atoms with Crippen LogP contribution in [0, 0.1) is 11.3 Å². The molecule has 1 aromatic rings. The van der Waals surface area contributed by atoms with Crippen molar-refractivity contribution in [2.24, 2.45) is 11.7 Å². The molecule has 6 N–H and O–H groups in total. The lowest BCUT2D eigenvalue weighted by Gasteiger charge is -2.35. The van der Waals surface area contributed by atoms with Gasteiger partial charge in [0.05, 0.1) is 11.1 Å². The number of primary amides is 1. The quantitative estimate of drug-likeness (QED) is 0.264. The van der Waals surface area contributed by atoms with Gasteiger partial charge in [0, 0.05) is 30.0 Å². The summed E-state index contributed by atoms with van der Waals surface area (Å²) in [6.45, 7) is 2.15. The van der Waals surface area contributed by atoms with Crippen LogP contribution in [0.25, 0.3) is 0 Å². The van der Waals surface area contributed by atoms with E-state index in [4.69, 9.17) is 11.1 Å². The van der Waals surface area contributed by atoms with Crippen LogP contribution in [-0.4, -0.2) is 29.9 Å². The molecule has 1 amide bonds. The van der Waals surface area contributed by atoms with E-state index in [1.54, 1.807) is 0 Å². The fourth-order valence-electron chi connectivity index (χ4n) is 3.79. The van der Waals surface area contributed by atoms with Crippen molar-refractivity contribution in [3.63, 3.8) is 0 Å². The number of anilines is 1. The zero-order valence-electron chi connectivity index (χ0n) is 16.9. The zero-order chi connectivity index (χ0) is 21.9. The molecule has 3 atom stereocenters. The third-order valence-corrected chi connectivity index (χ3v) is 5.68. The molecule has 0 saturated heterocycles. The summed E-state index contributed by atoms with van der Waals surface area (Å²) >= 11 is 0. The first-order valence-electron chi connectivity index (χ1n) is 10.2. The molecule has 0 aliphatic heterocycles. The zero-order valence-corrected chi connectivity index (χ0v) is 16.9. The lowest BCUT2D eigenvalue weighted by molar-refractivity contribution is -0.137. The van der Waals surface area contributed by atoms with Crippen molar-refractivity contribution in [3.05, 3.63) is 41.6 Å². The standard InChI is InChI=1S/C21H28F3N5O/c1-12-10-16(28-14-6-7-14)8-9-18(12)27-11-17(20(26)30)19(25)29-15-4-2-13(3-5-15)21(22,23)24/h2-5,11-12,14,16,18,27-28H,6-10H2,1H3,(H2,25,29)(H2,26,30)/b17-11+/t12-,16+,18-/m0/s1. The van der Waals surface area contributed by atoms with Gasteiger partial charge in [-0.3, -0.25) is 10.2 Å². The van der Waals surface area contributed by atoms with E-state index in [-0.39, 0.29) is 23.1 Å². The Labute approximate surface area is 174 Å². The van der Waals surface area contributed by atoms with Gasteiger partial charge in [-0.25, -0.2) is 0 Å². The van der Waals surface area contributed by atoms with Gasteiger partial charge in [0.2, 0.25) is 0 Å². The van der Waals surface area contributed by atoms with Crippen LogP contribution in [0.4, 0.5) is 18.9 Å². The van der Waals surface area contributed by atoms with Gasteiger partial charge in [-0.1, -0.05) is 6.92 Å². The first kappa shape index (κ1) is 22.1. The number of amidine groups is 1. The van der Waals surface area contributed by atoms with Crippen molar-refractivity contribution in [2.75, 3.05) is 5.32 Å². The molecule has 2 aliphatic carbocycles. The van der Waals surface area contributed by atoms with E-state index in [0.29, 0.717) is 18.0 Å². The smallest absolute Gasteiger partial charge is 0.387 e. The van der Waals surface area contributed by atoms with Crippen molar-refractivity contribution in [2.45, 2.75) is 63.3 Å². The molecular formula is C21H28F3N5O. The number of rotatable bonds is 7. The second-order valence-electron chi connectivity index (χ2n) is 8.20. The van der Waals surface area contributed by atoms with Gasteiger partial charge in [0.25, 0.3) is 5.91 Å². The summed E-state index contributed by atoms with van der Waals surface area (Å²) in [7, 11) is 0. The Morgan fingerprint density at radius 1 is 1.13 bits per heavy atom. The van der Waals surface area contributed by atoms with Crippen LogP contribution in [0.15, 0.2) is 36.0 Å². The molecule has 0 radical (unpaired) electrons. The first-order chi connectivity index (χ1) is 14.1. The van der Waals surface area contributed by atoms with Gasteiger partial charge < -0.3 is 21.7 Å². The first-order valence-corrected chi connectivity index (χ1v) is 10.2. The number of benzene rings is 1. The molecule has 1 aromatic carbocycles. The highest BCUT2D eigenvalue weighted by molar-refractivity contribution is 6.23. The van der Waals surface area contributed by atoms with Crippen LogP contribution >= 0.6 is 0 Å². The molecular weight excluding hydrogens is 395 g/mol. The van der Waals surface area contributed by atoms with Crippen molar-refractivity contribution in [3.8, 4) is 0 Å². The van der Waals surface area contributed by atoms with Crippen molar-refractivity contribution >= 4 is 17.4 Å². The normalized spacial score (nSPS) is 24.9. The van der Waals surface area contributed by atoms with Gasteiger partial charge in [-0.05, 0) is 62.3 Å². The van der Waals surface area contributed by atoms with E-state index in [1.807, 2.05) is 0 Å². The Morgan fingerprint density at radius 2 is 1.77 bits per heavy atom. The Hall–Kier alpha value is -2.55. The molecule has 2 aliphatic rings. The largest absolute Gasteiger partial charge is 0.416 e. The maximum Gasteiger partial charge on any atom is 0.416 e. The molecule has 164 valence electrons. The number of hydrogen-bond donors (Lipinski definition) is 5. The number of hydrogen-bond acceptors (Lipinski definition) is 4. The second kappa shape index (κ2) is 9.07. The lowest BCUT2D eigenvalue weighted by atomic mass is 9.82. The van der Waals surface area contributed by atoms with Gasteiger partial charge in [-0.2, -0.15) is 13.2 Å². The summed E-state index contributed by atoms with van der Waals surface area (Å²) in [5.74, 6) is -0.674. The van der Waals surface area contributed by atoms with E-state index < -0.39 is 17.6 Å². The number of nitrogens with two attached hydrogens (primary N) is 1. The summed E-state index contributed by atoms with van der Waals surface area (Å²) in [5, 5.41) is 17.6. The van der Waals surface area contributed by atoms with Crippen LogP contribution in [0.5, 0.6) is 0 Å². The molecule has 2 fully saturated rings. The Kier molecular flexibility index (Phi) is 6.70. The monoisotopic (exact) mass is 423 g/mol. The number of nitrogens with one attached hydrogen (secondary N) is 4. The van der Waals surface area contributed by atoms with E-state index in [0.717, 1.165) is 31.4 Å². The van der Waals surface area contributed by atoms with Gasteiger partial charge in [-0.15, -0.1) is 0 Å². The lowest BCUT2D eigenvalue weighted by Crippen LogP contribution is -2.44. The molecule has 0 bridgehead atoms. The number of amides is 1. The molecule has 0 spiro atoms. The highest BCUT2D eigenvalue weighted by Gasteiger charge is 2.31. The molecule has 0 aromatic heterocycles. The second-order valence-corrected chi connectivity index (χ2v) is 8.20. The van der Waals surface area contributed by atoms with Gasteiger partial charge in [0.1, 0.15) is 5.84 Å². The number of carbonyl (C=O) groups is 1. The highest BCUT2D eigenvalue weighted by atomic mass is 19.4. The fraction of sp³-hybridized carbons (Fsp3) is 0.524. The molecule has 6 nitrogen and oxygen atoms in total. The number of carbonyl (C=O) groups excluding carboxylic acids is 1. The van der Waals surface area contributed by atoms with Crippen LogP contribution in [-0.2, 0) is 11.0 Å². The van der Waals surface area contributed by atoms with Crippen molar-refractivity contribution in [1.29, 1.82) is 5.41 Å². The van der Waals surface area contributed by atoms with E-state index in [9.17, 15) is 18.0 Å². The average Bonchev–Trinajstić information content (AvgIpc) is 3.47.